The Morgan fingerprint density at radius 2 is 1.67 bits per heavy atom. The second-order valence-electron chi connectivity index (χ2n) is 2.32. The fraction of sp³-hybridized carbons (Fsp3) is 0.250. The molecule has 84 valence electrons. The third-order valence-corrected chi connectivity index (χ3v) is 2.67. The predicted molar refractivity (Wildman–Crippen MR) is 55.1 cm³/mol. The molecule has 0 saturated heterocycles. The first-order valence-corrected chi connectivity index (χ1v) is 5.26. The lowest BCUT2D eigenvalue weighted by atomic mass is 10.3. The quantitative estimate of drug-likeness (QED) is 0.814. The summed E-state index contributed by atoms with van der Waals surface area (Å²) in [4.78, 5) is 0. The fourth-order valence-electron chi connectivity index (χ4n) is 0.903. The van der Waals surface area contributed by atoms with Crippen molar-refractivity contribution in [1.29, 1.82) is 0 Å². The van der Waals surface area contributed by atoms with Crippen LogP contribution in [0, 0.1) is 0 Å². The normalized spacial score (nSPS) is 10.5. The van der Waals surface area contributed by atoms with E-state index in [0.29, 0.717) is 4.47 Å². The maximum Gasteiger partial charge on any atom is 0.387 e. The van der Waals surface area contributed by atoms with E-state index in [9.17, 15) is 13.2 Å². The predicted octanol–water partition coefficient (Wildman–Crippen LogP) is 4.12. The van der Waals surface area contributed by atoms with E-state index < -0.39 is 13.5 Å². The molecule has 0 aromatic heterocycles. The summed E-state index contributed by atoms with van der Waals surface area (Å²) >= 11 is 6.03. The highest BCUT2D eigenvalue weighted by molar-refractivity contribution is 9.11. The van der Waals surface area contributed by atoms with Crippen molar-refractivity contribution < 1.29 is 22.6 Å². The number of ether oxygens (including phenoxy) is 2. The SMILES string of the molecule is FCOc1c(Br)ccc(Br)c1OC(F)F. The maximum atomic E-state index is 12.0. The molecular formula is C8H5Br2F3O2. The van der Waals surface area contributed by atoms with E-state index in [-0.39, 0.29) is 16.0 Å². The van der Waals surface area contributed by atoms with Gasteiger partial charge in [-0.05, 0) is 44.0 Å². The van der Waals surface area contributed by atoms with Gasteiger partial charge in [0.2, 0.25) is 6.86 Å². The molecule has 1 rings (SSSR count). The average molecular weight is 350 g/mol. The van der Waals surface area contributed by atoms with E-state index in [1.54, 1.807) is 0 Å². The van der Waals surface area contributed by atoms with Crippen LogP contribution in [0.2, 0.25) is 0 Å². The number of rotatable bonds is 4. The number of benzene rings is 1. The summed E-state index contributed by atoms with van der Waals surface area (Å²) in [6, 6.07) is 3.00. The molecule has 0 fully saturated rings. The van der Waals surface area contributed by atoms with Crippen molar-refractivity contribution >= 4 is 31.9 Å². The van der Waals surface area contributed by atoms with E-state index in [1.165, 1.54) is 12.1 Å². The zero-order chi connectivity index (χ0) is 11.4. The monoisotopic (exact) mass is 348 g/mol. The van der Waals surface area contributed by atoms with Crippen LogP contribution in [0.4, 0.5) is 13.2 Å². The van der Waals surface area contributed by atoms with Gasteiger partial charge in [0, 0.05) is 0 Å². The van der Waals surface area contributed by atoms with Crippen molar-refractivity contribution in [3.63, 3.8) is 0 Å². The number of hydrogen-bond acceptors (Lipinski definition) is 2. The molecule has 0 bridgehead atoms. The first-order chi connectivity index (χ1) is 7.06. The van der Waals surface area contributed by atoms with Crippen LogP contribution in [-0.2, 0) is 0 Å². The molecule has 0 aliphatic rings. The lowest BCUT2D eigenvalue weighted by Crippen LogP contribution is -2.05. The van der Waals surface area contributed by atoms with E-state index in [1.807, 2.05) is 0 Å². The van der Waals surface area contributed by atoms with E-state index in [0.717, 1.165) is 0 Å². The summed E-state index contributed by atoms with van der Waals surface area (Å²) in [7, 11) is 0. The molecular weight excluding hydrogens is 345 g/mol. The average Bonchev–Trinajstić information content (AvgIpc) is 2.17. The molecule has 0 aliphatic heterocycles. The van der Waals surface area contributed by atoms with Gasteiger partial charge in [0.25, 0.3) is 0 Å². The molecule has 0 amide bonds. The molecule has 0 N–H and O–H groups in total. The molecule has 0 saturated carbocycles. The van der Waals surface area contributed by atoms with Gasteiger partial charge in [-0.2, -0.15) is 8.78 Å². The molecule has 15 heavy (non-hydrogen) atoms. The summed E-state index contributed by atoms with van der Waals surface area (Å²) in [5, 5.41) is 0. The summed E-state index contributed by atoms with van der Waals surface area (Å²) in [6.07, 6.45) is 0. The molecule has 0 atom stereocenters. The molecule has 0 heterocycles. The molecule has 0 spiro atoms. The van der Waals surface area contributed by atoms with Gasteiger partial charge in [0.05, 0.1) is 8.95 Å². The van der Waals surface area contributed by atoms with Crippen molar-refractivity contribution in [2.45, 2.75) is 6.61 Å². The van der Waals surface area contributed by atoms with Gasteiger partial charge in [0.15, 0.2) is 11.5 Å². The van der Waals surface area contributed by atoms with Crippen LogP contribution in [-0.4, -0.2) is 13.5 Å². The Labute approximate surface area is 101 Å². The van der Waals surface area contributed by atoms with Crippen molar-refractivity contribution in [3.8, 4) is 11.5 Å². The second kappa shape index (κ2) is 5.60. The summed E-state index contributed by atoms with van der Waals surface area (Å²) in [6.45, 7) is -4.13. The number of alkyl halides is 3. The second-order valence-corrected chi connectivity index (χ2v) is 4.03. The highest BCUT2D eigenvalue weighted by Gasteiger charge is 2.17. The summed E-state index contributed by atoms with van der Waals surface area (Å²) < 4.78 is 45.4. The summed E-state index contributed by atoms with van der Waals surface area (Å²) in [5.74, 6) is -0.343. The lowest BCUT2D eigenvalue weighted by Gasteiger charge is -2.13. The summed E-state index contributed by atoms with van der Waals surface area (Å²) in [5.41, 5.74) is 0. The van der Waals surface area contributed by atoms with Crippen LogP contribution >= 0.6 is 31.9 Å². The van der Waals surface area contributed by atoms with Crippen LogP contribution in [0.1, 0.15) is 0 Å². The van der Waals surface area contributed by atoms with E-state index >= 15 is 0 Å². The van der Waals surface area contributed by atoms with Gasteiger partial charge in [-0.25, -0.2) is 4.39 Å². The Hall–Kier alpha value is -0.430. The van der Waals surface area contributed by atoms with Gasteiger partial charge in [0.1, 0.15) is 0 Å². The van der Waals surface area contributed by atoms with Gasteiger partial charge in [-0.15, -0.1) is 0 Å². The fourth-order valence-corrected chi connectivity index (χ4v) is 1.73. The van der Waals surface area contributed by atoms with Crippen molar-refractivity contribution in [3.05, 3.63) is 21.1 Å². The minimum absolute atomic E-state index is 0.104. The maximum absolute atomic E-state index is 12.0. The molecule has 2 nitrogen and oxygen atoms in total. The van der Waals surface area contributed by atoms with Gasteiger partial charge < -0.3 is 9.47 Å². The first kappa shape index (κ1) is 12.6. The first-order valence-electron chi connectivity index (χ1n) is 3.67. The Kier molecular flexibility index (Phi) is 4.72. The third kappa shape index (κ3) is 3.27. The van der Waals surface area contributed by atoms with Crippen LogP contribution < -0.4 is 9.47 Å². The zero-order valence-corrected chi connectivity index (χ0v) is 10.3. The van der Waals surface area contributed by atoms with Crippen molar-refractivity contribution in [1.82, 2.24) is 0 Å². The molecule has 1 aromatic carbocycles. The number of halogens is 5. The minimum Gasteiger partial charge on any atom is -0.458 e. The van der Waals surface area contributed by atoms with Crippen molar-refractivity contribution in [2.24, 2.45) is 0 Å². The smallest absolute Gasteiger partial charge is 0.387 e. The molecule has 1 aromatic rings. The van der Waals surface area contributed by atoms with Crippen molar-refractivity contribution in [2.75, 3.05) is 6.86 Å². The van der Waals surface area contributed by atoms with Crippen LogP contribution in [0.15, 0.2) is 21.1 Å². The highest BCUT2D eigenvalue weighted by Crippen LogP contribution is 2.41. The van der Waals surface area contributed by atoms with Crippen LogP contribution in [0.25, 0.3) is 0 Å². The largest absolute Gasteiger partial charge is 0.458 e. The van der Waals surface area contributed by atoms with E-state index in [4.69, 9.17) is 0 Å². The third-order valence-electron chi connectivity index (χ3n) is 1.42. The number of hydrogen-bond donors (Lipinski definition) is 0. The Balaban J connectivity index is 3.12. The lowest BCUT2D eigenvalue weighted by molar-refractivity contribution is -0.0525. The van der Waals surface area contributed by atoms with Gasteiger partial charge in [-0.1, -0.05) is 0 Å². The molecule has 0 aliphatic carbocycles. The highest BCUT2D eigenvalue weighted by atomic mass is 79.9. The van der Waals surface area contributed by atoms with E-state index in [2.05, 4.69) is 41.3 Å². The Morgan fingerprint density at radius 1 is 1.13 bits per heavy atom. The topological polar surface area (TPSA) is 18.5 Å². The van der Waals surface area contributed by atoms with Gasteiger partial charge >= 0.3 is 6.61 Å². The minimum atomic E-state index is -3.00. The standard InChI is InChI=1S/C8H5Br2F3O2/c9-4-1-2-5(10)7(15-8(12)13)6(4)14-3-11/h1-2,8H,3H2. The Morgan fingerprint density at radius 3 is 2.13 bits per heavy atom. The van der Waals surface area contributed by atoms with Crippen LogP contribution in [0.5, 0.6) is 11.5 Å². The zero-order valence-electron chi connectivity index (χ0n) is 7.15. The molecule has 0 radical (unpaired) electrons. The molecule has 0 unspecified atom stereocenters. The Bertz CT molecular complexity index is 347. The van der Waals surface area contributed by atoms with Gasteiger partial charge in [-0.3, -0.25) is 0 Å². The molecule has 7 heteroatoms. The van der Waals surface area contributed by atoms with Crippen LogP contribution in [0.3, 0.4) is 0 Å².